The molecule has 0 heterocycles. The number of unbranched alkanes of at least 4 members (excludes halogenated alkanes) is 5. The van der Waals surface area contributed by atoms with Crippen molar-refractivity contribution in [1.29, 1.82) is 0 Å². The van der Waals surface area contributed by atoms with Crippen molar-refractivity contribution in [2.24, 2.45) is 0 Å². The highest BCUT2D eigenvalue weighted by molar-refractivity contribution is 5.82. The van der Waals surface area contributed by atoms with E-state index in [1.807, 2.05) is 0 Å². The van der Waals surface area contributed by atoms with Gasteiger partial charge in [0.2, 0.25) is 6.10 Å². The van der Waals surface area contributed by atoms with Crippen molar-refractivity contribution in [3.8, 4) is 0 Å². The Morgan fingerprint density at radius 1 is 1.00 bits per heavy atom. The third-order valence-electron chi connectivity index (χ3n) is 2.64. The molecule has 0 fully saturated rings. The topological polar surface area (TPSA) is 101 Å². The first kappa shape index (κ1) is 17.4. The van der Waals surface area contributed by atoms with Crippen LogP contribution in [0.25, 0.3) is 0 Å². The lowest BCUT2D eigenvalue weighted by atomic mass is 10.1. The quantitative estimate of drug-likeness (QED) is 0.442. The molecule has 0 aromatic heterocycles. The molecule has 110 valence electrons. The lowest BCUT2D eigenvalue weighted by Crippen LogP contribution is -2.29. The van der Waals surface area contributed by atoms with E-state index in [0.29, 0.717) is 6.42 Å². The number of esters is 1. The molecule has 1 atom stereocenters. The Bertz CT molecular complexity index is 300. The van der Waals surface area contributed by atoms with Gasteiger partial charge in [-0.1, -0.05) is 39.0 Å². The highest BCUT2D eigenvalue weighted by Crippen LogP contribution is 2.09. The Morgan fingerprint density at radius 3 is 2.11 bits per heavy atom. The molecule has 0 spiro atoms. The molecule has 0 bridgehead atoms. The summed E-state index contributed by atoms with van der Waals surface area (Å²) in [7, 11) is 0. The van der Waals surface area contributed by atoms with Gasteiger partial charge in [0.25, 0.3) is 0 Å². The predicted octanol–water partition coefficient (Wildman–Crippen LogP) is 2.21. The van der Waals surface area contributed by atoms with Gasteiger partial charge in [0.05, 0.1) is 6.42 Å². The van der Waals surface area contributed by atoms with Crippen LogP contribution in [0.15, 0.2) is 0 Å². The summed E-state index contributed by atoms with van der Waals surface area (Å²) < 4.78 is 4.63. The van der Waals surface area contributed by atoms with E-state index in [4.69, 9.17) is 10.2 Å². The molecule has 0 aromatic carbocycles. The summed E-state index contributed by atoms with van der Waals surface area (Å²) in [5.74, 6) is -3.39. The third kappa shape index (κ3) is 10.1. The summed E-state index contributed by atoms with van der Waals surface area (Å²) in [6.45, 7) is 2.12. The summed E-state index contributed by atoms with van der Waals surface area (Å²) >= 11 is 0. The van der Waals surface area contributed by atoms with Crippen LogP contribution >= 0.6 is 0 Å². The molecule has 6 heteroatoms. The van der Waals surface area contributed by atoms with Crippen molar-refractivity contribution in [2.45, 2.75) is 64.4 Å². The highest BCUT2D eigenvalue weighted by Gasteiger charge is 2.24. The summed E-state index contributed by atoms with van der Waals surface area (Å²) in [5.41, 5.74) is 0. The van der Waals surface area contributed by atoms with Gasteiger partial charge in [0, 0.05) is 6.42 Å². The number of rotatable bonds is 11. The number of carbonyl (C=O) groups is 3. The third-order valence-corrected chi connectivity index (χ3v) is 2.64. The minimum absolute atomic E-state index is 0.134. The molecule has 1 unspecified atom stereocenters. The first-order valence-corrected chi connectivity index (χ1v) is 6.61. The molecule has 0 aliphatic rings. The van der Waals surface area contributed by atoms with E-state index in [0.717, 1.165) is 25.7 Å². The normalized spacial score (nSPS) is 11.8. The second kappa shape index (κ2) is 10.3. The van der Waals surface area contributed by atoms with E-state index in [1.54, 1.807) is 0 Å². The Balaban J connectivity index is 3.81. The van der Waals surface area contributed by atoms with Crippen molar-refractivity contribution in [1.82, 2.24) is 0 Å². The molecule has 0 amide bonds. The minimum atomic E-state index is -1.59. The first-order chi connectivity index (χ1) is 8.97. The van der Waals surface area contributed by atoms with Crippen molar-refractivity contribution < 1.29 is 29.3 Å². The molecule has 6 nitrogen and oxygen atoms in total. The Hall–Kier alpha value is -1.59. The van der Waals surface area contributed by atoms with Gasteiger partial charge in [-0.05, 0) is 6.42 Å². The number of carbonyl (C=O) groups excluding carboxylic acids is 1. The maximum absolute atomic E-state index is 11.3. The summed E-state index contributed by atoms with van der Waals surface area (Å²) in [6, 6.07) is 0. The molecule has 0 rings (SSSR count). The molecule has 0 radical (unpaired) electrons. The van der Waals surface area contributed by atoms with Crippen LogP contribution in [0.4, 0.5) is 0 Å². The number of carboxylic acid groups (broad SMARTS) is 2. The molecule has 0 saturated heterocycles. The minimum Gasteiger partial charge on any atom is -0.481 e. The Kier molecular flexibility index (Phi) is 9.48. The molecule has 0 aliphatic heterocycles. The van der Waals surface area contributed by atoms with Gasteiger partial charge in [-0.3, -0.25) is 9.59 Å². The molecule has 19 heavy (non-hydrogen) atoms. The summed E-state index contributed by atoms with van der Waals surface area (Å²) in [5, 5.41) is 17.2. The second-order valence-electron chi connectivity index (χ2n) is 4.43. The van der Waals surface area contributed by atoms with E-state index in [1.165, 1.54) is 6.42 Å². The van der Waals surface area contributed by atoms with Gasteiger partial charge in [0.1, 0.15) is 0 Å². The maximum Gasteiger partial charge on any atom is 0.345 e. The van der Waals surface area contributed by atoms with Gasteiger partial charge in [-0.15, -0.1) is 0 Å². The zero-order valence-electron chi connectivity index (χ0n) is 11.3. The molecule has 2 N–H and O–H groups in total. The smallest absolute Gasteiger partial charge is 0.345 e. The summed E-state index contributed by atoms with van der Waals surface area (Å²) in [4.78, 5) is 32.4. The lowest BCUT2D eigenvalue weighted by Gasteiger charge is -2.11. The van der Waals surface area contributed by atoms with Gasteiger partial charge >= 0.3 is 17.9 Å². The van der Waals surface area contributed by atoms with Gasteiger partial charge in [-0.2, -0.15) is 0 Å². The fraction of sp³-hybridized carbons (Fsp3) is 0.769. The highest BCUT2D eigenvalue weighted by atomic mass is 16.6. The lowest BCUT2D eigenvalue weighted by molar-refractivity contribution is -0.167. The average Bonchev–Trinajstić information content (AvgIpc) is 2.32. The van der Waals surface area contributed by atoms with Crippen LogP contribution < -0.4 is 0 Å². The number of ether oxygens (including phenoxy) is 1. The van der Waals surface area contributed by atoms with E-state index in [-0.39, 0.29) is 6.42 Å². The molecular formula is C13H22O6. The van der Waals surface area contributed by atoms with Crippen LogP contribution in [-0.2, 0) is 19.1 Å². The monoisotopic (exact) mass is 274 g/mol. The van der Waals surface area contributed by atoms with E-state index in [2.05, 4.69) is 11.7 Å². The number of hydrogen-bond donors (Lipinski definition) is 2. The maximum atomic E-state index is 11.3. The van der Waals surface area contributed by atoms with Crippen molar-refractivity contribution in [2.75, 3.05) is 0 Å². The zero-order valence-corrected chi connectivity index (χ0v) is 11.3. The zero-order chi connectivity index (χ0) is 14.7. The van der Waals surface area contributed by atoms with Crippen LogP contribution in [0.1, 0.15) is 58.3 Å². The molecule has 0 saturated carbocycles. The van der Waals surface area contributed by atoms with E-state index >= 15 is 0 Å². The van der Waals surface area contributed by atoms with Crippen LogP contribution in [0.2, 0.25) is 0 Å². The summed E-state index contributed by atoms with van der Waals surface area (Å²) in [6.07, 6.45) is 3.86. The van der Waals surface area contributed by atoms with Gasteiger partial charge in [-0.25, -0.2) is 4.79 Å². The van der Waals surface area contributed by atoms with Gasteiger partial charge < -0.3 is 14.9 Å². The van der Waals surface area contributed by atoms with E-state index in [9.17, 15) is 14.4 Å². The fourth-order valence-corrected chi connectivity index (χ4v) is 1.61. The average molecular weight is 274 g/mol. The molecular weight excluding hydrogens is 252 g/mol. The van der Waals surface area contributed by atoms with Crippen LogP contribution in [0.5, 0.6) is 0 Å². The molecule has 0 aliphatic carbocycles. The Morgan fingerprint density at radius 2 is 1.58 bits per heavy atom. The molecule has 0 aromatic rings. The number of hydrogen-bond acceptors (Lipinski definition) is 4. The number of aliphatic carboxylic acids is 2. The standard InChI is InChI=1S/C13H22O6/c1-2-3-4-5-6-7-8-12(16)19-10(13(17)18)9-11(14)15/h10H,2-9H2,1H3,(H,14,15)(H,17,18). The van der Waals surface area contributed by atoms with Crippen molar-refractivity contribution >= 4 is 17.9 Å². The fourth-order valence-electron chi connectivity index (χ4n) is 1.61. The van der Waals surface area contributed by atoms with Crippen LogP contribution in [0, 0.1) is 0 Å². The van der Waals surface area contributed by atoms with Gasteiger partial charge in [0.15, 0.2) is 0 Å². The predicted molar refractivity (Wildman–Crippen MR) is 67.8 cm³/mol. The van der Waals surface area contributed by atoms with Crippen LogP contribution in [0.3, 0.4) is 0 Å². The number of carboxylic acids is 2. The van der Waals surface area contributed by atoms with Crippen LogP contribution in [-0.4, -0.2) is 34.2 Å². The first-order valence-electron chi connectivity index (χ1n) is 6.61. The van der Waals surface area contributed by atoms with Crippen molar-refractivity contribution in [3.63, 3.8) is 0 Å². The second-order valence-corrected chi connectivity index (χ2v) is 4.43. The van der Waals surface area contributed by atoms with E-state index < -0.39 is 30.4 Å². The largest absolute Gasteiger partial charge is 0.481 e. The SMILES string of the molecule is CCCCCCCCC(=O)OC(CC(=O)O)C(=O)O. The Labute approximate surface area is 112 Å². The van der Waals surface area contributed by atoms with Crippen molar-refractivity contribution in [3.05, 3.63) is 0 Å².